The van der Waals surface area contributed by atoms with Crippen molar-refractivity contribution in [2.45, 2.75) is 0 Å². The predicted molar refractivity (Wildman–Crippen MR) is 120 cm³/mol. The fourth-order valence-corrected chi connectivity index (χ4v) is 2.41. The van der Waals surface area contributed by atoms with Gasteiger partial charge < -0.3 is 10.2 Å². The average molecular weight is 547 g/mol. The second kappa shape index (κ2) is 16.6. The van der Waals surface area contributed by atoms with E-state index in [0.29, 0.717) is 0 Å². The molecule has 0 amide bonds. The van der Waals surface area contributed by atoms with Crippen LogP contribution in [0.3, 0.4) is 0 Å². The van der Waals surface area contributed by atoms with Gasteiger partial charge in [-0.2, -0.15) is 36.4 Å². The first-order chi connectivity index (χ1) is 13.4. The van der Waals surface area contributed by atoms with Crippen molar-refractivity contribution in [3.63, 3.8) is 0 Å². The summed E-state index contributed by atoms with van der Waals surface area (Å²) in [5.74, 6) is -0.110. The van der Waals surface area contributed by atoms with Crippen molar-refractivity contribution >= 4 is 46.4 Å². The maximum Gasteiger partial charge on any atom is 2.00 e. The van der Waals surface area contributed by atoms with Gasteiger partial charge in [-0.15, -0.1) is 0 Å². The second-order valence-electron chi connectivity index (χ2n) is 5.07. The van der Waals surface area contributed by atoms with Crippen LogP contribution in [0.25, 0.3) is 0 Å². The Bertz CT molecular complexity index is 745. The number of hydrogen-bond donors (Lipinski definition) is 2. The number of halogens is 4. The van der Waals surface area contributed by atoms with Crippen LogP contribution in [0, 0.1) is 0 Å². The molecule has 0 bridgehead atoms. The molecule has 2 N–H and O–H groups in total. The molecule has 0 atom stereocenters. The summed E-state index contributed by atoms with van der Waals surface area (Å²) in [5, 5.41) is 19.0. The van der Waals surface area contributed by atoms with Gasteiger partial charge in [-0.3, -0.25) is 0 Å². The van der Waals surface area contributed by atoms with Gasteiger partial charge in [-0.1, -0.05) is 58.5 Å². The first kappa shape index (κ1) is 27.8. The van der Waals surface area contributed by atoms with Gasteiger partial charge in [-0.25, -0.2) is 24.3 Å². The van der Waals surface area contributed by atoms with Crippen molar-refractivity contribution < 1.29 is 36.4 Å². The van der Waals surface area contributed by atoms with Crippen LogP contribution < -0.4 is 0 Å². The summed E-state index contributed by atoms with van der Waals surface area (Å²) in [6.07, 6.45) is 0. The molecule has 0 saturated carbocycles. The Kier molecular flexibility index (Phi) is 15.9. The molecule has 0 aromatic heterocycles. The van der Waals surface area contributed by atoms with Crippen LogP contribution >= 0.6 is 46.4 Å². The largest absolute Gasteiger partial charge is 2.00 e. The van der Waals surface area contributed by atoms with Gasteiger partial charge in [0, 0.05) is 0 Å². The zero-order chi connectivity index (χ0) is 20.8. The van der Waals surface area contributed by atoms with Crippen LogP contribution in [0.5, 0.6) is 11.5 Å². The summed E-state index contributed by atoms with van der Waals surface area (Å²) >= 11 is 21.9. The normalized spacial score (nSPS) is 8.69. The summed E-state index contributed by atoms with van der Waals surface area (Å²) in [6, 6.07) is 29.6. The molecule has 0 saturated heterocycles. The average Bonchev–Trinajstić information content (AvgIpc) is 3.43. The molecule has 0 heterocycles. The molecule has 4 aromatic carbocycles. The molecule has 0 aliphatic rings. The van der Waals surface area contributed by atoms with Gasteiger partial charge in [-0.05, 0) is 24.3 Å². The number of para-hydroxylation sites is 2. The minimum absolute atomic E-state index is 0. The van der Waals surface area contributed by atoms with E-state index in [4.69, 9.17) is 56.6 Å². The summed E-state index contributed by atoms with van der Waals surface area (Å²) in [5.41, 5.74) is 0. The molecule has 7 heteroatoms. The molecule has 2 nitrogen and oxygen atoms in total. The van der Waals surface area contributed by atoms with E-state index in [0.717, 1.165) is 0 Å². The van der Waals surface area contributed by atoms with E-state index in [9.17, 15) is 0 Å². The van der Waals surface area contributed by atoms with Crippen LogP contribution in [0.4, 0.5) is 0 Å². The third-order valence-electron chi connectivity index (χ3n) is 2.99. The van der Waals surface area contributed by atoms with Crippen molar-refractivity contribution in [2.75, 3.05) is 0 Å². The van der Waals surface area contributed by atoms with Crippen molar-refractivity contribution in [3.8, 4) is 11.5 Å². The zero-order valence-electron chi connectivity index (χ0n) is 15.1. The van der Waals surface area contributed by atoms with Crippen molar-refractivity contribution in [1.29, 1.82) is 0 Å². The standard InChI is InChI=1S/2C6H4Cl2O.2C5H5.Zr/c2*7-4-2-1-3-5(8)6(4)9;2*1-2-4-5-3-1;/h2*1-3,9H;2*1-5H;/q;;2*-1;+2. The monoisotopic (exact) mass is 544 g/mol. The first-order valence-electron chi connectivity index (χ1n) is 8.02. The van der Waals surface area contributed by atoms with E-state index in [1.54, 1.807) is 36.4 Å². The second-order valence-corrected chi connectivity index (χ2v) is 6.69. The summed E-state index contributed by atoms with van der Waals surface area (Å²) in [7, 11) is 0. The number of phenolic OH excluding ortho intramolecular Hbond substituents is 2. The van der Waals surface area contributed by atoms with Gasteiger partial charge in [0.2, 0.25) is 0 Å². The van der Waals surface area contributed by atoms with Crippen LogP contribution in [-0.2, 0) is 26.2 Å². The third-order valence-corrected chi connectivity index (χ3v) is 4.21. The van der Waals surface area contributed by atoms with E-state index in [-0.39, 0.29) is 57.8 Å². The van der Waals surface area contributed by atoms with Crippen LogP contribution in [-0.4, -0.2) is 10.2 Å². The van der Waals surface area contributed by atoms with E-state index in [1.165, 1.54) is 0 Å². The molecule has 0 fully saturated rings. The smallest absolute Gasteiger partial charge is 0.505 e. The predicted octanol–water partition coefficient (Wildman–Crippen LogP) is 8.21. The van der Waals surface area contributed by atoms with Crippen molar-refractivity contribution in [2.24, 2.45) is 0 Å². The molecule has 0 radical (unpaired) electrons. The Morgan fingerprint density at radius 2 is 0.724 bits per heavy atom. The molecule has 0 spiro atoms. The molecule has 29 heavy (non-hydrogen) atoms. The van der Waals surface area contributed by atoms with Gasteiger partial charge in [0.1, 0.15) is 0 Å². The molecular weight excluding hydrogens is 529 g/mol. The Morgan fingerprint density at radius 3 is 0.862 bits per heavy atom. The summed E-state index contributed by atoms with van der Waals surface area (Å²) < 4.78 is 0. The Labute approximate surface area is 210 Å². The third kappa shape index (κ3) is 12.2. The van der Waals surface area contributed by atoms with Gasteiger partial charge in [0.15, 0.2) is 11.5 Å². The molecule has 4 aromatic rings. The number of rotatable bonds is 0. The van der Waals surface area contributed by atoms with E-state index < -0.39 is 0 Å². The minimum atomic E-state index is -0.0548. The summed E-state index contributed by atoms with van der Waals surface area (Å²) in [6.45, 7) is 0. The number of benzene rings is 2. The summed E-state index contributed by atoms with van der Waals surface area (Å²) in [4.78, 5) is 0. The Hall–Kier alpha value is -1.22. The number of phenols is 2. The van der Waals surface area contributed by atoms with E-state index >= 15 is 0 Å². The van der Waals surface area contributed by atoms with Crippen LogP contribution in [0.2, 0.25) is 20.1 Å². The van der Waals surface area contributed by atoms with Crippen molar-refractivity contribution in [1.82, 2.24) is 0 Å². The molecule has 0 aliphatic carbocycles. The van der Waals surface area contributed by atoms with Gasteiger partial charge in [0.05, 0.1) is 20.1 Å². The topological polar surface area (TPSA) is 40.5 Å². The van der Waals surface area contributed by atoms with Crippen LogP contribution in [0.15, 0.2) is 97.1 Å². The molecule has 4 rings (SSSR count). The fourth-order valence-electron chi connectivity index (χ4n) is 1.62. The van der Waals surface area contributed by atoms with Crippen LogP contribution in [0.1, 0.15) is 0 Å². The van der Waals surface area contributed by atoms with Crippen molar-refractivity contribution in [3.05, 3.63) is 117 Å². The quantitative estimate of drug-likeness (QED) is 0.218. The molecule has 0 unspecified atom stereocenters. The van der Waals surface area contributed by atoms with E-state index in [2.05, 4.69) is 0 Å². The number of hydrogen-bond acceptors (Lipinski definition) is 2. The molecule has 150 valence electrons. The zero-order valence-corrected chi connectivity index (χ0v) is 20.6. The van der Waals surface area contributed by atoms with Gasteiger partial charge in [0.25, 0.3) is 0 Å². The fraction of sp³-hybridized carbons (Fsp3) is 0. The van der Waals surface area contributed by atoms with Gasteiger partial charge >= 0.3 is 26.2 Å². The maximum absolute atomic E-state index is 8.94. The number of aromatic hydroxyl groups is 2. The minimum Gasteiger partial charge on any atom is -0.505 e. The molecule has 0 aliphatic heterocycles. The molecular formula is C22H18Cl4O2Zr. The SMILES string of the molecule is Oc1c(Cl)cccc1Cl.Oc1c(Cl)cccc1Cl.[Zr+2].c1cc[cH-]c1.c1cc[cH-]c1. The first-order valence-corrected chi connectivity index (χ1v) is 9.54. The Balaban J connectivity index is 0.000000369. The maximum atomic E-state index is 8.94. The van der Waals surface area contributed by atoms with E-state index in [1.807, 2.05) is 60.7 Å². The Morgan fingerprint density at radius 1 is 0.483 bits per heavy atom.